The third kappa shape index (κ3) is 3.35. The molecule has 108 valence electrons. The molecular weight excluding hydrogens is 299 g/mol. The van der Waals surface area contributed by atoms with E-state index in [1.54, 1.807) is 13.0 Å². The van der Waals surface area contributed by atoms with Gasteiger partial charge < -0.3 is 5.32 Å². The molecule has 5 nitrogen and oxygen atoms in total. The number of nitrogens with one attached hydrogen (secondary N) is 1. The van der Waals surface area contributed by atoms with Crippen molar-refractivity contribution in [3.63, 3.8) is 0 Å². The number of hydrogen-bond donors (Lipinski definition) is 1. The maximum absolute atomic E-state index is 13.7. The smallest absolute Gasteiger partial charge is 0.271 e. The molecule has 0 aliphatic carbocycles. The van der Waals surface area contributed by atoms with Gasteiger partial charge in [0.25, 0.3) is 11.6 Å². The molecular formula is C14H10ClFN2O3. The van der Waals surface area contributed by atoms with E-state index in [1.807, 2.05) is 0 Å². The maximum atomic E-state index is 13.7. The van der Waals surface area contributed by atoms with Gasteiger partial charge in [0.05, 0.1) is 21.2 Å². The highest BCUT2D eigenvalue weighted by atomic mass is 35.5. The molecule has 21 heavy (non-hydrogen) atoms. The summed E-state index contributed by atoms with van der Waals surface area (Å²) in [5, 5.41) is 13.2. The van der Waals surface area contributed by atoms with Gasteiger partial charge in [-0.05, 0) is 30.7 Å². The molecule has 0 unspecified atom stereocenters. The quantitative estimate of drug-likeness (QED) is 0.689. The predicted molar refractivity (Wildman–Crippen MR) is 77.2 cm³/mol. The number of halogens is 2. The van der Waals surface area contributed by atoms with Crippen LogP contribution < -0.4 is 5.32 Å². The van der Waals surface area contributed by atoms with E-state index < -0.39 is 16.6 Å². The highest BCUT2D eigenvalue weighted by molar-refractivity contribution is 6.34. The first-order chi connectivity index (χ1) is 9.88. The largest absolute Gasteiger partial charge is 0.320 e. The van der Waals surface area contributed by atoms with Gasteiger partial charge in [-0.3, -0.25) is 14.9 Å². The van der Waals surface area contributed by atoms with Crippen LogP contribution in [0.1, 0.15) is 15.9 Å². The molecule has 2 rings (SSSR count). The van der Waals surface area contributed by atoms with Gasteiger partial charge in [0.1, 0.15) is 5.82 Å². The monoisotopic (exact) mass is 308 g/mol. The topological polar surface area (TPSA) is 72.2 Å². The van der Waals surface area contributed by atoms with Gasteiger partial charge in [-0.1, -0.05) is 17.7 Å². The predicted octanol–water partition coefficient (Wildman–Crippen LogP) is 3.95. The minimum atomic E-state index is -0.727. The van der Waals surface area contributed by atoms with Crippen LogP contribution in [0.3, 0.4) is 0 Å². The zero-order valence-corrected chi connectivity index (χ0v) is 11.6. The average Bonchev–Trinajstić information content (AvgIpc) is 2.40. The molecule has 0 aliphatic heterocycles. The number of benzene rings is 2. The summed E-state index contributed by atoms with van der Waals surface area (Å²) in [5.74, 6) is -1.40. The molecule has 0 fully saturated rings. The molecule has 0 spiro atoms. The summed E-state index contributed by atoms with van der Waals surface area (Å²) < 4.78 is 13.7. The number of nitrogens with zero attached hydrogens (tertiary/aromatic N) is 1. The number of amides is 1. The summed E-state index contributed by atoms with van der Waals surface area (Å²) in [6, 6.07) is 7.78. The number of carbonyl (C=O) groups excluding carboxylic acids is 1. The summed E-state index contributed by atoms with van der Waals surface area (Å²) in [5.41, 5.74) is 0.343. The number of aryl methyl sites for hydroxylation is 1. The number of rotatable bonds is 3. The summed E-state index contributed by atoms with van der Waals surface area (Å²) >= 11 is 5.87. The number of hydrogen-bond acceptors (Lipinski definition) is 3. The Morgan fingerprint density at radius 3 is 2.62 bits per heavy atom. The van der Waals surface area contributed by atoms with Crippen molar-refractivity contribution < 1.29 is 14.1 Å². The van der Waals surface area contributed by atoms with Crippen LogP contribution in [0.2, 0.25) is 5.02 Å². The molecule has 0 aromatic heterocycles. The molecule has 0 bridgehead atoms. The van der Waals surface area contributed by atoms with Crippen LogP contribution in [0.15, 0.2) is 36.4 Å². The number of nitro groups is 1. The Hall–Kier alpha value is -2.47. The fourth-order valence-electron chi connectivity index (χ4n) is 1.72. The molecule has 0 heterocycles. The highest BCUT2D eigenvalue weighted by Crippen LogP contribution is 2.27. The minimum Gasteiger partial charge on any atom is -0.320 e. The first-order valence-electron chi connectivity index (χ1n) is 5.90. The van der Waals surface area contributed by atoms with Crippen molar-refractivity contribution in [1.82, 2.24) is 0 Å². The Balaban J connectivity index is 2.31. The molecule has 1 N–H and O–H groups in total. The Kier molecular flexibility index (Phi) is 4.18. The van der Waals surface area contributed by atoms with E-state index in [0.29, 0.717) is 5.56 Å². The standard InChI is InChI=1S/C14H10ClFN2O3/c1-8-2-4-10(12(16)6-8)14(19)17-13-7-9(18(20)21)3-5-11(13)15/h2-7H,1H3,(H,17,19). The molecule has 0 atom stereocenters. The second kappa shape index (κ2) is 5.88. The van der Waals surface area contributed by atoms with Gasteiger partial charge in [0.2, 0.25) is 0 Å². The van der Waals surface area contributed by atoms with Crippen molar-refractivity contribution in [1.29, 1.82) is 0 Å². The molecule has 0 saturated carbocycles. The SMILES string of the molecule is Cc1ccc(C(=O)Nc2cc([N+](=O)[O-])ccc2Cl)c(F)c1. The lowest BCUT2D eigenvalue weighted by Gasteiger charge is -2.08. The number of non-ortho nitro benzene ring substituents is 1. The van der Waals surface area contributed by atoms with Crippen LogP contribution in [-0.4, -0.2) is 10.8 Å². The summed E-state index contributed by atoms with van der Waals surface area (Å²) in [6.45, 7) is 1.70. The summed E-state index contributed by atoms with van der Waals surface area (Å²) in [6.07, 6.45) is 0. The van der Waals surface area contributed by atoms with Gasteiger partial charge in [-0.2, -0.15) is 0 Å². The van der Waals surface area contributed by atoms with Gasteiger partial charge in [0.15, 0.2) is 0 Å². The third-order valence-corrected chi connectivity index (χ3v) is 3.11. The zero-order chi connectivity index (χ0) is 15.6. The number of nitro benzene ring substituents is 1. The Labute approximate surface area is 124 Å². The molecule has 2 aromatic rings. The third-order valence-electron chi connectivity index (χ3n) is 2.78. The Morgan fingerprint density at radius 1 is 1.29 bits per heavy atom. The Bertz CT molecular complexity index is 734. The molecule has 7 heteroatoms. The van der Waals surface area contributed by atoms with Crippen LogP contribution in [0.4, 0.5) is 15.8 Å². The van der Waals surface area contributed by atoms with E-state index in [9.17, 15) is 19.3 Å². The van der Waals surface area contributed by atoms with Gasteiger partial charge in [-0.25, -0.2) is 4.39 Å². The van der Waals surface area contributed by atoms with E-state index in [1.165, 1.54) is 24.3 Å². The van der Waals surface area contributed by atoms with Gasteiger partial charge in [0, 0.05) is 12.1 Å². The van der Waals surface area contributed by atoms with E-state index in [-0.39, 0.29) is 22.0 Å². The maximum Gasteiger partial charge on any atom is 0.271 e. The van der Waals surface area contributed by atoms with Gasteiger partial charge >= 0.3 is 0 Å². The van der Waals surface area contributed by atoms with Gasteiger partial charge in [-0.15, -0.1) is 0 Å². The van der Waals surface area contributed by atoms with E-state index in [2.05, 4.69) is 5.32 Å². The first kappa shape index (κ1) is 14.9. The fraction of sp³-hybridized carbons (Fsp3) is 0.0714. The molecule has 0 saturated heterocycles. The normalized spacial score (nSPS) is 10.2. The number of anilines is 1. The van der Waals surface area contributed by atoms with Crippen molar-refractivity contribution in [3.05, 3.63) is 68.5 Å². The van der Waals surface area contributed by atoms with Crippen molar-refractivity contribution in [2.24, 2.45) is 0 Å². The van der Waals surface area contributed by atoms with E-state index in [0.717, 1.165) is 6.07 Å². The molecule has 0 radical (unpaired) electrons. The van der Waals surface area contributed by atoms with Crippen molar-refractivity contribution >= 4 is 28.9 Å². The Morgan fingerprint density at radius 2 is 2.00 bits per heavy atom. The lowest BCUT2D eigenvalue weighted by molar-refractivity contribution is -0.384. The van der Waals surface area contributed by atoms with Crippen molar-refractivity contribution in [2.45, 2.75) is 6.92 Å². The van der Waals surface area contributed by atoms with Crippen LogP contribution >= 0.6 is 11.6 Å². The zero-order valence-electron chi connectivity index (χ0n) is 10.9. The lowest BCUT2D eigenvalue weighted by atomic mass is 10.1. The average molecular weight is 309 g/mol. The van der Waals surface area contributed by atoms with E-state index >= 15 is 0 Å². The second-order valence-corrected chi connectivity index (χ2v) is 4.77. The van der Waals surface area contributed by atoms with Crippen LogP contribution in [0.25, 0.3) is 0 Å². The van der Waals surface area contributed by atoms with Crippen molar-refractivity contribution in [2.75, 3.05) is 5.32 Å². The molecule has 2 aromatic carbocycles. The first-order valence-corrected chi connectivity index (χ1v) is 6.27. The lowest BCUT2D eigenvalue weighted by Crippen LogP contribution is -2.14. The molecule has 0 aliphatic rings. The van der Waals surface area contributed by atoms with Crippen LogP contribution in [-0.2, 0) is 0 Å². The fourth-order valence-corrected chi connectivity index (χ4v) is 1.88. The van der Waals surface area contributed by atoms with Crippen LogP contribution in [0, 0.1) is 22.9 Å². The summed E-state index contributed by atoms with van der Waals surface area (Å²) in [7, 11) is 0. The number of carbonyl (C=O) groups is 1. The molecule has 1 amide bonds. The summed E-state index contributed by atoms with van der Waals surface area (Å²) in [4.78, 5) is 22.1. The van der Waals surface area contributed by atoms with Crippen molar-refractivity contribution in [3.8, 4) is 0 Å². The van der Waals surface area contributed by atoms with E-state index in [4.69, 9.17) is 11.6 Å². The second-order valence-electron chi connectivity index (χ2n) is 4.36. The van der Waals surface area contributed by atoms with Crippen LogP contribution in [0.5, 0.6) is 0 Å². The highest BCUT2D eigenvalue weighted by Gasteiger charge is 2.15. The minimum absolute atomic E-state index is 0.0517.